The number of halogens is 5. The van der Waals surface area contributed by atoms with Gasteiger partial charge in [0.15, 0.2) is 5.13 Å². The molecule has 0 saturated heterocycles. The van der Waals surface area contributed by atoms with Gasteiger partial charge >= 0.3 is 6.18 Å². The Hall–Kier alpha value is -2.44. The molecular weight excluding hydrogens is 577 g/mol. The van der Waals surface area contributed by atoms with E-state index >= 15 is 0 Å². The molecular formula is C20H15Br2F3N4O2S. The van der Waals surface area contributed by atoms with Crippen molar-refractivity contribution in [2.45, 2.75) is 12.6 Å². The minimum absolute atomic E-state index is 0.0336. The molecule has 2 aromatic carbocycles. The minimum Gasteiger partial charge on any atom is -0.494 e. The first-order valence-electron chi connectivity index (χ1n) is 8.89. The molecule has 0 atom stereocenters. The predicted octanol–water partition coefficient (Wildman–Crippen LogP) is 6.13. The quantitative estimate of drug-likeness (QED) is 0.256. The number of rotatable bonds is 7. The summed E-state index contributed by atoms with van der Waals surface area (Å²) in [6, 6.07) is 8.38. The monoisotopic (exact) mass is 590 g/mol. The Morgan fingerprint density at radius 2 is 1.97 bits per heavy atom. The molecule has 0 saturated carbocycles. The highest BCUT2D eigenvalue weighted by molar-refractivity contribution is 9.11. The van der Waals surface area contributed by atoms with Crippen molar-refractivity contribution in [3.8, 4) is 5.75 Å². The number of aromatic nitrogens is 1. The molecule has 12 heteroatoms. The van der Waals surface area contributed by atoms with E-state index in [0.29, 0.717) is 16.6 Å². The van der Waals surface area contributed by atoms with Crippen molar-refractivity contribution >= 4 is 66.1 Å². The number of methoxy groups -OCH3 is 1. The van der Waals surface area contributed by atoms with Crippen LogP contribution >= 0.6 is 43.2 Å². The number of hydrogen-bond acceptors (Lipinski definition) is 6. The number of nitrogens with zero attached hydrogens (tertiary/aromatic N) is 2. The predicted molar refractivity (Wildman–Crippen MR) is 125 cm³/mol. The number of anilines is 2. The fraction of sp³-hybridized carbons (Fsp3) is 0.150. The second kappa shape index (κ2) is 10.5. The normalized spacial score (nSPS) is 11.6. The molecule has 1 heterocycles. The van der Waals surface area contributed by atoms with Crippen LogP contribution in [0.3, 0.4) is 0 Å². The zero-order chi connectivity index (χ0) is 23.3. The zero-order valence-electron chi connectivity index (χ0n) is 16.3. The van der Waals surface area contributed by atoms with Gasteiger partial charge < -0.3 is 10.1 Å². The van der Waals surface area contributed by atoms with E-state index in [4.69, 9.17) is 4.74 Å². The summed E-state index contributed by atoms with van der Waals surface area (Å²) in [6.07, 6.45) is -2.98. The van der Waals surface area contributed by atoms with Crippen molar-refractivity contribution in [3.63, 3.8) is 0 Å². The number of benzene rings is 2. The first-order valence-corrected chi connectivity index (χ1v) is 11.4. The number of hydrazone groups is 1. The SMILES string of the molecule is COc1c(Br)cc(/C=N\NC(=O)Cc2csc(Nc3cccc(C(F)(F)F)c3)n2)cc1Br. The number of thiazole rings is 1. The molecule has 3 aromatic rings. The van der Waals surface area contributed by atoms with Crippen LogP contribution < -0.4 is 15.5 Å². The van der Waals surface area contributed by atoms with Gasteiger partial charge in [0.05, 0.1) is 39.9 Å². The van der Waals surface area contributed by atoms with Gasteiger partial charge in [-0.25, -0.2) is 10.4 Å². The largest absolute Gasteiger partial charge is 0.494 e. The molecule has 0 radical (unpaired) electrons. The van der Waals surface area contributed by atoms with Gasteiger partial charge in [-0.1, -0.05) is 6.07 Å². The lowest BCUT2D eigenvalue weighted by Gasteiger charge is -2.08. The Kier molecular flexibility index (Phi) is 7.91. The molecule has 0 spiro atoms. The Balaban J connectivity index is 1.56. The lowest BCUT2D eigenvalue weighted by Crippen LogP contribution is -2.19. The van der Waals surface area contributed by atoms with Crippen LogP contribution in [0, 0.1) is 0 Å². The number of nitrogens with one attached hydrogen (secondary N) is 2. The minimum atomic E-state index is -4.43. The van der Waals surface area contributed by atoms with Crippen LogP contribution in [-0.4, -0.2) is 24.2 Å². The fourth-order valence-corrected chi connectivity index (χ4v) is 4.85. The molecule has 32 heavy (non-hydrogen) atoms. The Morgan fingerprint density at radius 1 is 1.25 bits per heavy atom. The molecule has 0 bridgehead atoms. The third-order valence-electron chi connectivity index (χ3n) is 3.96. The number of ether oxygens (including phenoxy) is 1. The standard InChI is InChI=1S/C20H15Br2F3N4O2S/c1-31-18-15(21)5-11(6-16(18)22)9-26-29-17(30)8-14-10-32-19(28-14)27-13-4-2-3-12(7-13)20(23,24)25/h2-7,9-10H,8H2,1H3,(H,27,28)(H,29,30)/b26-9-. The number of carbonyl (C=O) groups is 1. The van der Waals surface area contributed by atoms with Crippen LogP contribution in [0.5, 0.6) is 5.75 Å². The van der Waals surface area contributed by atoms with Crippen LogP contribution in [0.15, 0.2) is 55.8 Å². The van der Waals surface area contributed by atoms with E-state index in [-0.39, 0.29) is 18.0 Å². The van der Waals surface area contributed by atoms with E-state index in [1.807, 2.05) is 0 Å². The van der Waals surface area contributed by atoms with E-state index in [0.717, 1.165) is 26.6 Å². The van der Waals surface area contributed by atoms with Gasteiger partial charge in [-0.3, -0.25) is 4.79 Å². The Morgan fingerprint density at radius 3 is 2.62 bits per heavy atom. The molecule has 168 valence electrons. The summed E-state index contributed by atoms with van der Waals surface area (Å²) < 4.78 is 45.2. The lowest BCUT2D eigenvalue weighted by molar-refractivity contribution is -0.137. The van der Waals surface area contributed by atoms with Crippen LogP contribution in [0.25, 0.3) is 0 Å². The molecule has 1 amide bonds. The highest BCUT2D eigenvalue weighted by Crippen LogP contribution is 2.34. The highest BCUT2D eigenvalue weighted by Gasteiger charge is 2.30. The van der Waals surface area contributed by atoms with Crippen LogP contribution in [0.4, 0.5) is 24.0 Å². The second-order valence-electron chi connectivity index (χ2n) is 6.34. The van der Waals surface area contributed by atoms with E-state index in [1.165, 1.54) is 29.7 Å². The molecule has 3 rings (SSSR count). The maximum absolute atomic E-state index is 12.8. The molecule has 0 unspecified atom stereocenters. The van der Waals surface area contributed by atoms with Gasteiger partial charge in [-0.2, -0.15) is 18.3 Å². The molecule has 0 fully saturated rings. The number of alkyl halides is 3. The summed E-state index contributed by atoms with van der Waals surface area (Å²) in [7, 11) is 1.55. The van der Waals surface area contributed by atoms with Crippen molar-refractivity contribution in [2.75, 3.05) is 12.4 Å². The van der Waals surface area contributed by atoms with Crippen molar-refractivity contribution in [1.29, 1.82) is 0 Å². The van der Waals surface area contributed by atoms with Crippen molar-refractivity contribution in [3.05, 3.63) is 67.5 Å². The van der Waals surface area contributed by atoms with Gasteiger partial charge in [0.1, 0.15) is 5.75 Å². The summed E-state index contributed by atoms with van der Waals surface area (Å²) in [6.45, 7) is 0. The van der Waals surface area contributed by atoms with Crippen molar-refractivity contribution in [1.82, 2.24) is 10.4 Å². The highest BCUT2D eigenvalue weighted by atomic mass is 79.9. The Bertz CT molecular complexity index is 1130. The zero-order valence-corrected chi connectivity index (χ0v) is 20.3. The van der Waals surface area contributed by atoms with Gasteiger partial charge in [0.2, 0.25) is 5.91 Å². The number of amides is 1. The molecule has 0 aliphatic rings. The van der Waals surface area contributed by atoms with Gasteiger partial charge in [-0.05, 0) is 67.8 Å². The first-order chi connectivity index (χ1) is 15.2. The van der Waals surface area contributed by atoms with Crippen molar-refractivity contribution < 1.29 is 22.7 Å². The van der Waals surface area contributed by atoms with Gasteiger partial charge in [0.25, 0.3) is 0 Å². The molecule has 0 aliphatic carbocycles. The summed E-state index contributed by atoms with van der Waals surface area (Å²) in [5, 5.41) is 8.78. The van der Waals surface area contributed by atoms with Crippen molar-refractivity contribution in [2.24, 2.45) is 5.10 Å². The van der Waals surface area contributed by atoms with Crippen LogP contribution in [-0.2, 0) is 17.4 Å². The van der Waals surface area contributed by atoms with Gasteiger partial charge in [0, 0.05) is 11.1 Å². The smallest absolute Gasteiger partial charge is 0.416 e. The average Bonchev–Trinajstić information content (AvgIpc) is 3.14. The maximum Gasteiger partial charge on any atom is 0.416 e. The summed E-state index contributed by atoms with van der Waals surface area (Å²) >= 11 is 7.96. The second-order valence-corrected chi connectivity index (χ2v) is 8.90. The average molecular weight is 592 g/mol. The van der Waals surface area contributed by atoms with Crippen LogP contribution in [0.2, 0.25) is 0 Å². The maximum atomic E-state index is 12.8. The summed E-state index contributed by atoms with van der Waals surface area (Å²) in [5.74, 6) is 0.257. The van der Waals surface area contributed by atoms with E-state index < -0.39 is 11.7 Å². The first kappa shape index (κ1) is 24.2. The molecule has 0 aliphatic heterocycles. The fourth-order valence-electron chi connectivity index (χ4n) is 2.57. The third-order valence-corrected chi connectivity index (χ3v) is 5.95. The van der Waals surface area contributed by atoms with E-state index in [2.05, 4.69) is 52.7 Å². The number of carbonyl (C=O) groups excluding carboxylic acids is 1. The topological polar surface area (TPSA) is 75.6 Å². The van der Waals surface area contributed by atoms with E-state index in [9.17, 15) is 18.0 Å². The van der Waals surface area contributed by atoms with E-state index in [1.54, 1.807) is 24.6 Å². The number of hydrogen-bond donors (Lipinski definition) is 2. The third kappa shape index (κ3) is 6.53. The summed E-state index contributed by atoms with van der Waals surface area (Å²) in [5.41, 5.74) is 3.11. The van der Waals surface area contributed by atoms with Gasteiger partial charge in [-0.15, -0.1) is 11.3 Å². The molecule has 6 nitrogen and oxygen atoms in total. The molecule has 2 N–H and O–H groups in total. The summed E-state index contributed by atoms with van der Waals surface area (Å²) in [4.78, 5) is 16.3. The Labute approximate surface area is 202 Å². The lowest BCUT2D eigenvalue weighted by atomic mass is 10.2. The molecule has 1 aromatic heterocycles. The van der Waals surface area contributed by atoms with Crippen LogP contribution in [0.1, 0.15) is 16.8 Å².